The third-order valence-corrected chi connectivity index (χ3v) is 7.84. The Hall–Kier alpha value is -2.97. The van der Waals surface area contributed by atoms with Gasteiger partial charge < -0.3 is 20.4 Å². The number of fused-ring (bicyclic) bond motifs is 1. The summed E-state index contributed by atoms with van der Waals surface area (Å²) in [7, 11) is 3.88. The Bertz CT molecular complexity index is 1550. The zero-order valence-corrected chi connectivity index (χ0v) is 25.6. The highest BCUT2D eigenvalue weighted by molar-refractivity contribution is 14.1. The van der Waals surface area contributed by atoms with Gasteiger partial charge in [-0.15, -0.1) is 0 Å². The minimum atomic E-state index is -0.214. The number of carbonyl (C=O) groups excluding carboxylic acids is 1. The molecule has 0 saturated carbocycles. The Morgan fingerprint density at radius 1 is 1.10 bits per heavy atom. The average molecular weight is 692 g/mol. The first-order valence-electron chi connectivity index (χ1n) is 12.6. The molecule has 3 heterocycles. The van der Waals surface area contributed by atoms with E-state index in [2.05, 4.69) is 56.7 Å². The first-order valence-corrected chi connectivity index (χ1v) is 14.4. The van der Waals surface area contributed by atoms with E-state index in [1.165, 1.54) is 6.08 Å². The summed E-state index contributed by atoms with van der Waals surface area (Å²) in [5.74, 6) is 0.144. The van der Waals surface area contributed by atoms with Gasteiger partial charge in [0.1, 0.15) is 5.15 Å². The third-order valence-electron chi connectivity index (χ3n) is 6.28. The molecule has 1 aliphatic rings. The van der Waals surface area contributed by atoms with Gasteiger partial charge in [-0.05, 0) is 44.4 Å². The smallest absolute Gasteiger partial charge is 0.248 e. The predicted molar refractivity (Wildman–Crippen MR) is 171 cm³/mol. The van der Waals surface area contributed by atoms with Gasteiger partial charge in [0.25, 0.3) is 0 Å². The fourth-order valence-corrected chi connectivity index (χ4v) is 5.22. The van der Waals surface area contributed by atoms with Gasteiger partial charge in [-0.2, -0.15) is 10.1 Å². The molecule has 208 valence electrons. The lowest BCUT2D eigenvalue weighted by Gasteiger charge is -2.33. The van der Waals surface area contributed by atoms with Crippen LogP contribution >= 0.6 is 46.1 Å². The lowest BCUT2D eigenvalue weighted by Crippen LogP contribution is -2.42. The highest BCUT2D eigenvalue weighted by Gasteiger charge is 2.19. The van der Waals surface area contributed by atoms with Crippen LogP contribution in [0.1, 0.15) is 0 Å². The summed E-state index contributed by atoms with van der Waals surface area (Å²) in [6.07, 6.45) is 3.33. The number of aromatic nitrogens is 4. The quantitative estimate of drug-likeness (QED) is 0.125. The van der Waals surface area contributed by atoms with Gasteiger partial charge in [0.05, 0.1) is 21.8 Å². The second kappa shape index (κ2) is 12.7. The second-order valence-electron chi connectivity index (χ2n) is 9.55. The van der Waals surface area contributed by atoms with Crippen LogP contribution in [0.4, 0.5) is 23.0 Å². The Balaban J connectivity index is 1.43. The van der Waals surface area contributed by atoms with Crippen molar-refractivity contribution in [3.8, 4) is 11.3 Å². The number of hydrogen-bond donors (Lipinski definition) is 3. The molecule has 2 aromatic carbocycles. The molecule has 0 radical (unpaired) electrons. The summed E-state index contributed by atoms with van der Waals surface area (Å²) in [5.41, 5.74) is 4.15. The molecule has 13 heteroatoms. The third kappa shape index (κ3) is 6.84. The van der Waals surface area contributed by atoms with Crippen LogP contribution in [0.15, 0.2) is 54.6 Å². The van der Waals surface area contributed by atoms with Gasteiger partial charge in [0.15, 0.2) is 5.65 Å². The number of anilines is 4. The van der Waals surface area contributed by atoms with Gasteiger partial charge in [0, 0.05) is 78.6 Å². The first kappa shape index (κ1) is 28.6. The van der Waals surface area contributed by atoms with Crippen LogP contribution in [0.3, 0.4) is 0 Å². The van der Waals surface area contributed by atoms with Crippen molar-refractivity contribution in [3.05, 3.63) is 64.8 Å². The summed E-state index contributed by atoms with van der Waals surface area (Å²) in [6.45, 7) is 4.38. The van der Waals surface area contributed by atoms with Crippen molar-refractivity contribution in [3.63, 3.8) is 0 Å². The predicted octanol–water partition coefficient (Wildman–Crippen LogP) is 5.60. The van der Waals surface area contributed by atoms with E-state index in [0.717, 1.165) is 43.1 Å². The van der Waals surface area contributed by atoms with Gasteiger partial charge in [-0.1, -0.05) is 41.4 Å². The second-order valence-corrected chi connectivity index (χ2v) is 11.7. The lowest BCUT2D eigenvalue weighted by atomic mass is 10.1. The van der Waals surface area contributed by atoms with E-state index in [9.17, 15) is 4.79 Å². The van der Waals surface area contributed by atoms with Crippen molar-refractivity contribution in [2.24, 2.45) is 0 Å². The summed E-state index contributed by atoms with van der Waals surface area (Å²) < 4.78 is 2.27. The molecule has 1 aliphatic heterocycles. The maximum absolute atomic E-state index is 12.4. The van der Waals surface area contributed by atoms with Crippen LogP contribution in [0.2, 0.25) is 10.2 Å². The van der Waals surface area contributed by atoms with E-state index in [4.69, 9.17) is 28.2 Å². The standard InChI is InChI=1S/C27H28Cl2IN9O/c1-37(2)10-4-7-22(40)31-18-6-3-5-17(15-18)24-23-25(29)35-36-26(23)34-27(33-24)32-19-8-9-20(28)21(16-19)38-11-13-39(30)14-12-38/h3-9,15-16H,10-14H2,1-2H3,(H,31,40)(H2,32,33,34,35,36)/b7-4+. The number of piperazine rings is 1. The molecule has 4 aromatic rings. The van der Waals surface area contributed by atoms with E-state index in [-0.39, 0.29) is 5.91 Å². The monoisotopic (exact) mass is 691 g/mol. The van der Waals surface area contributed by atoms with Crippen molar-refractivity contribution in [1.29, 1.82) is 0 Å². The Labute approximate surface area is 256 Å². The van der Waals surface area contributed by atoms with Crippen LogP contribution < -0.4 is 15.5 Å². The van der Waals surface area contributed by atoms with Crippen LogP contribution in [-0.4, -0.2) is 80.9 Å². The number of likely N-dealkylation sites (N-methyl/N-ethyl adjacent to an activating group) is 1. The van der Waals surface area contributed by atoms with Crippen LogP contribution in [0, 0.1) is 0 Å². The number of rotatable bonds is 8. The number of H-pyrrole nitrogens is 1. The van der Waals surface area contributed by atoms with E-state index in [1.807, 2.05) is 67.5 Å². The molecule has 1 amide bonds. The number of aromatic amines is 1. The van der Waals surface area contributed by atoms with E-state index >= 15 is 0 Å². The summed E-state index contributed by atoms with van der Waals surface area (Å²) in [6, 6.07) is 13.2. The van der Waals surface area contributed by atoms with Crippen LogP contribution in [0.5, 0.6) is 0 Å². The van der Waals surface area contributed by atoms with Crippen LogP contribution in [-0.2, 0) is 4.79 Å². The molecular formula is C27H28Cl2IN9O. The highest BCUT2D eigenvalue weighted by atomic mass is 127. The van der Waals surface area contributed by atoms with E-state index in [0.29, 0.717) is 45.1 Å². The largest absolute Gasteiger partial charge is 0.368 e. The molecule has 10 nitrogen and oxygen atoms in total. The molecular weight excluding hydrogens is 664 g/mol. The highest BCUT2D eigenvalue weighted by Crippen LogP contribution is 2.34. The number of halogens is 3. The molecule has 0 aliphatic carbocycles. The summed E-state index contributed by atoms with van der Waals surface area (Å²) in [5, 5.41) is 14.9. The molecule has 2 aromatic heterocycles. The molecule has 1 saturated heterocycles. The zero-order valence-electron chi connectivity index (χ0n) is 22.0. The molecule has 40 heavy (non-hydrogen) atoms. The minimum absolute atomic E-state index is 0.214. The topological polar surface area (TPSA) is 105 Å². The molecule has 0 spiro atoms. The van der Waals surface area contributed by atoms with Crippen molar-refractivity contribution < 1.29 is 4.79 Å². The number of carbonyl (C=O) groups is 1. The first-order chi connectivity index (χ1) is 19.3. The average Bonchev–Trinajstić information content (AvgIpc) is 3.30. The van der Waals surface area contributed by atoms with Crippen molar-refractivity contribution in [2.75, 3.05) is 62.4 Å². The maximum atomic E-state index is 12.4. The molecule has 5 rings (SSSR count). The van der Waals surface area contributed by atoms with Gasteiger partial charge in [0.2, 0.25) is 11.9 Å². The lowest BCUT2D eigenvalue weighted by molar-refractivity contribution is -0.111. The summed E-state index contributed by atoms with van der Waals surface area (Å²) in [4.78, 5) is 26.1. The Morgan fingerprint density at radius 3 is 2.67 bits per heavy atom. The normalized spacial score (nSPS) is 14.4. The van der Waals surface area contributed by atoms with Gasteiger partial charge in [-0.3, -0.25) is 9.89 Å². The van der Waals surface area contributed by atoms with E-state index < -0.39 is 0 Å². The maximum Gasteiger partial charge on any atom is 0.248 e. The zero-order chi connectivity index (χ0) is 28.2. The molecule has 0 atom stereocenters. The number of benzene rings is 2. The Kier molecular flexibility index (Phi) is 9.06. The van der Waals surface area contributed by atoms with Gasteiger partial charge >= 0.3 is 0 Å². The van der Waals surface area contributed by atoms with Crippen molar-refractivity contribution >= 4 is 86.0 Å². The number of nitrogens with zero attached hydrogens (tertiary/aromatic N) is 6. The molecule has 1 fully saturated rings. The molecule has 0 bridgehead atoms. The fraction of sp³-hybridized carbons (Fsp3) is 0.259. The minimum Gasteiger partial charge on any atom is -0.368 e. The Morgan fingerprint density at radius 2 is 1.90 bits per heavy atom. The number of nitrogens with one attached hydrogen (secondary N) is 3. The molecule has 0 unspecified atom stereocenters. The summed E-state index contributed by atoms with van der Waals surface area (Å²) >= 11 is 15.4. The van der Waals surface area contributed by atoms with Crippen LogP contribution in [0.25, 0.3) is 22.3 Å². The van der Waals surface area contributed by atoms with Gasteiger partial charge in [-0.25, -0.2) is 8.10 Å². The number of amides is 1. The van der Waals surface area contributed by atoms with Crippen molar-refractivity contribution in [2.45, 2.75) is 0 Å². The van der Waals surface area contributed by atoms with Crippen molar-refractivity contribution in [1.82, 2.24) is 28.2 Å². The number of hydrogen-bond acceptors (Lipinski definition) is 8. The SMILES string of the molecule is CN(C)C/C=C/C(=O)Nc1cccc(-c2nc(Nc3ccc(Cl)c(N4CCN(I)CC4)c3)nc3n[nH]c(Cl)c23)c1. The molecule has 3 N–H and O–H groups in total. The van der Waals surface area contributed by atoms with E-state index in [1.54, 1.807) is 0 Å². The fourth-order valence-electron chi connectivity index (χ4n) is 4.34.